The SMILES string of the molecule is Cc1ccc(CN(CCCN)c2cccc(F)c2)cc1C. The van der Waals surface area contributed by atoms with Gasteiger partial charge in [-0.05, 0) is 61.7 Å². The van der Waals surface area contributed by atoms with E-state index in [2.05, 4.69) is 36.9 Å². The van der Waals surface area contributed by atoms with E-state index in [1.807, 2.05) is 6.07 Å². The van der Waals surface area contributed by atoms with Gasteiger partial charge in [0.25, 0.3) is 0 Å². The molecule has 112 valence electrons. The largest absolute Gasteiger partial charge is 0.367 e. The molecule has 0 aliphatic rings. The van der Waals surface area contributed by atoms with Gasteiger partial charge in [0.2, 0.25) is 0 Å². The molecule has 21 heavy (non-hydrogen) atoms. The van der Waals surface area contributed by atoms with Crippen molar-refractivity contribution < 1.29 is 4.39 Å². The molecule has 0 fully saturated rings. The van der Waals surface area contributed by atoms with Crippen LogP contribution in [-0.2, 0) is 6.54 Å². The van der Waals surface area contributed by atoms with E-state index in [1.54, 1.807) is 12.1 Å². The Morgan fingerprint density at radius 1 is 1.05 bits per heavy atom. The maximum Gasteiger partial charge on any atom is 0.125 e. The molecular formula is C18H23FN2. The molecule has 0 aliphatic heterocycles. The van der Waals surface area contributed by atoms with E-state index >= 15 is 0 Å². The lowest BCUT2D eigenvalue weighted by Gasteiger charge is -2.25. The topological polar surface area (TPSA) is 29.3 Å². The average molecular weight is 286 g/mol. The van der Waals surface area contributed by atoms with Crippen LogP contribution in [0.2, 0.25) is 0 Å². The number of anilines is 1. The summed E-state index contributed by atoms with van der Waals surface area (Å²) < 4.78 is 13.5. The van der Waals surface area contributed by atoms with Crippen molar-refractivity contribution in [3.8, 4) is 0 Å². The van der Waals surface area contributed by atoms with Gasteiger partial charge in [-0.1, -0.05) is 24.3 Å². The molecule has 2 nitrogen and oxygen atoms in total. The molecule has 0 aliphatic carbocycles. The normalized spacial score (nSPS) is 10.7. The van der Waals surface area contributed by atoms with Crippen LogP contribution in [0.15, 0.2) is 42.5 Å². The molecule has 0 bridgehead atoms. The van der Waals surface area contributed by atoms with Gasteiger partial charge in [0.1, 0.15) is 5.82 Å². The molecule has 3 heteroatoms. The molecule has 0 aromatic heterocycles. The quantitative estimate of drug-likeness (QED) is 0.875. The maximum atomic E-state index is 13.5. The standard InChI is InChI=1S/C18H23FN2/c1-14-7-8-16(11-15(14)2)13-21(10-4-9-20)18-6-3-5-17(19)12-18/h3,5-8,11-12H,4,9-10,13,20H2,1-2H3. The van der Waals surface area contributed by atoms with Crippen LogP contribution in [0.3, 0.4) is 0 Å². The van der Waals surface area contributed by atoms with E-state index in [9.17, 15) is 4.39 Å². The summed E-state index contributed by atoms with van der Waals surface area (Å²) in [7, 11) is 0. The van der Waals surface area contributed by atoms with Gasteiger partial charge in [-0.15, -0.1) is 0 Å². The van der Waals surface area contributed by atoms with E-state index < -0.39 is 0 Å². The Hall–Kier alpha value is -1.87. The van der Waals surface area contributed by atoms with Gasteiger partial charge in [-0.2, -0.15) is 0 Å². The molecular weight excluding hydrogens is 263 g/mol. The summed E-state index contributed by atoms with van der Waals surface area (Å²) in [6, 6.07) is 13.2. The highest BCUT2D eigenvalue weighted by Crippen LogP contribution is 2.20. The number of aryl methyl sites for hydroxylation is 2. The van der Waals surface area contributed by atoms with Crippen LogP contribution in [0, 0.1) is 19.7 Å². The fraction of sp³-hybridized carbons (Fsp3) is 0.333. The first-order valence-corrected chi connectivity index (χ1v) is 7.37. The highest BCUT2D eigenvalue weighted by Gasteiger charge is 2.08. The highest BCUT2D eigenvalue weighted by atomic mass is 19.1. The van der Waals surface area contributed by atoms with Gasteiger partial charge >= 0.3 is 0 Å². The van der Waals surface area contributed by atoms with Crippen molar-refractivity contribution in [3.63, 3.8) is 0 Å². The zero-order chi connectivity index (χ0) is 15.2. The summed E-state index contributed by atoms with van der Waals surface area (Å²) in [5, 5.41) is 0. The first-order valence-electron chi connectivity index (χ1n) is 7.37. The lowest BCUT2D eigenvalue weighted by Crippen LogP contribution is -2.25. The zero-order valence-corrected chi connectivity index (χ0v) is 12.8. The van der Waals surface area contributed by atoms with Crippen LogP contribution >= 0.6 is 0 Å². The maximum absolute atomic E-state index is 13.5. The average Bonchev–Trinajstić information content (AvgIpc) is 2.47. The predicted octanol–water partition coefficient (Wildman–Crippen LogP) is 3.80. The number of hydrogen-bond donors (Lipinski definition) is 1. The Balaban J connectivity index is 2.21. The summed E-state index contributed by atoms with van der Waals surface area (Å²) in [6.07, 6.45) is 0.890. The number of nitrogens with zero attached hydrogens (tertiary/aromatic N) is 1. The van der Waals surface area contributed by atoms with Crippen LogP contribution in [0.5, 0.6) is 0 Å². The smallest absolute Gasteiger partial charge is 0.125 e. The number of hydrogen-bond acceptors (Lipinski definition) is 2. The fourth-order valence-corrected chi connectivity index (χ4v) is 2.38. The molecule has 0 unspecified atom stereocenters. The van der Waals surface area contributed by atoms with Crippen LogP contribution in [-0.4, -0.2) is 13.1 Å². The molecule has 0 radical (unpaired) electrons. The second-order valence-corrected chi connectivity index (χ2v) is 5.46. The molecule has 2 rings (SSSR count). The second-order valence-electron chi connectivity index (χ2n) is 5.46. The first kappa shape index (κ1) is 15.5. The molecule has 2 aromatic carbocycles. The zero-order valence-electron chi connectivity index (χ0n) is 12.8. The van der Waals surface area contributed by atoms with E-state index in [0.29, 0.717) is 6.54 Å². The summed E-state index contributed by atoms with van der Waals surface area (Å²) in [5.74, 6) is -0.203. The minimum absolute atomic E-state index is 0.203. The van der Waals surface area contributed by atoms with Gasteiger partial charge < -0.3 is 10.6 Å². The summed E-state index contributed by atoms with van der Waals surface area (Å²) in [4.78, 5) is 2.18. The minimum atomic E-state index is -0.203. The molecule has 2 aromatic rings. The summed E-state index contributed by atoms with van der Waals surface area (Å²) in [6.45, 7) is 6.46. The fourth-order valence-electron chi connectivity index (χ4n) is 2.38. The van der Waals surface area contributed by atoms with Crippen molar-refractivity contribution in [3.05, 3.63) is 65.0 Å². The van der Waals surface area contributed by atoms with Crippen molar-refractivity contribution in [2.24, 2.45) is 5.73 Å². The number of benzene rings is 2. The molecule has 0 spiro atoms. The van der Waals surface area contributed by atoms with E-state index in [0.717, 1.165) is 25.2 Å². The van der Waals surface area contributed by atoms with E-state index in [-0.39, 0.29) is 5.82 Å². The van der Waals surface area contributed by atoms with Crippen molar-refractivity contribution >= 4 is 5.69 Å². The van der Waals surface area contributed by atoms with Crippen LogP contribution in [0.4, 0.5) is 10.1 Å². The van der Waals surface area contributed by atoms with E-state index in [4.69, 9.17) is 5.73 Å². The third kappa shape index (κ3) is 4.30. The van der Waals surface area contributed by atoms with Crippen molar-refractivity contribution in [1.82, 2.24) is 0 Å². The van der Waals surface area contributed by atoms with Crippen LogP contribution < -0.4 is 10.6 Å². The Labute approximate surface area is 126 Å². The van der Waals surface area contributed by atoms with Crippen LogP contribution in [0.1, 0.15) is 23.1 Å². The number of halogens is 1. The van der Waals surface area contributed by atoms with Crippen molar-refractivity contribution in [2.45, 2.75) is 26.8 Å². The lowest BCUT2D eigenvalue weighted by atomic mass is 10.1. The molecule has 0 saturated carbocycles. The van der Waals surface area contributed by atoms with Crippen LogP contribution in [0.25, 0.3) is 0 Å². The summed E-state index contributed by atoms with van der Waals surface area (Å²) in [5.41, 5.74) is 10.3. The first-order chi connectivity index (χ1) is 10.1. The van der Waals surface area contributed by atoms with Crippen molar-refractivity contribution in [2.75, 3.05) is 18.0 Å². The third-order valence-corrected chi connectivity index (χ3v) is 3.75. The second kappa shape index (κ2) is 7.23. The lowest BCUT2D eigenvalue weighted by molar-refractivity contribution is 0.625. The molecule has 0 amide bonds. The monoisotopic (exact) mass is 286 g/mol. The van der Waals surface area contributed by atoms with E-state index in [1.165, 1.54) is 22.8 Å². The highest BCUT2D eigenvalue weighted by molar-refractivity contribution is 5.47. The summed E-state index contributed by atoms with van der Waals surface area (Å²) >= 11 is 0. The predicted molar refractivity (Wildman–Crippen MR) is 87.0 cm³/mol. The molecule has 2 N–H and O–H groups in total. The van der Waals surface area contributed by atoms with Crippen molar-refractivity contribution in [1.29, 1.82) is 0 Å². The third-order valence-electron chi connectivity index (χ3n) is 3.75. The van der Waals surface area contributed by atoms with Gasteiger partial charge in [0.15, 0.2) is 0 Å². The Bertz CT molecular complexity index is 596. The Morgan fingerprint density at radius 3 is 2.52 bits per heavy atom. The van der Waals surface area contributed by atoms with Gasteiger partial charge in [0.05, 0.1) is 0 Å². The number of nitrogens with two attached hydrogens (primary N) is 1. The minimum Gasteiger partial charge on any atom is -0.367 e. The Morgan fingerprint density at radius 2 is 1.86 bits per heavy atom. The van der Waals surface area contributed by atoms with Gasteiger partial charge in [-0.25, -0.2) is 4.39 Å². The number of rotatable bonds is 6. The van der Waals surface area contributed by atoms with Gasteiger partial charge in [-0.3, -0.25) is 0 Å². The molecule has 0 atom stereocenters. The molecule has 0 saturated heterocycles. The van der Waals surface area contributed by atoms with Gasteiger partial charge in [0, 0.05) is 18.8 Å². The molecule has 0 heterocycles. The Kier molecular flexibility index (Phi) is 5.34.